The Hall–Kier alpha value is -1.60. The van der Waals surface area contributed by atoms with Gasteiger partial charge in [0.25, 0.3) is 0 Å². The Morgan fingerprint density at radius 2 is 2.20 bits per heavy atom. The van der Waals surface area contributed by atoms with Gasteiger partial charge in [-0.2, -0.15) is 5.10 Å². The lowest BCUT2D eigenvalue weighted by Gasteiger charge is -2.29. The third-order valence-electron chi connectivity index (χ3n) is 3.26. The van der Waals surface area contributed by atoms with Crippen LogP contribution in [-0.2, 0) is 11.8 Å². The monoisotopic (exact) mass is 281 g/mol. The molecule has 0 aliphatic carbocycles. The first-order valence-electron chi connectivity index (χ1n) is 6.93. The summed E-state index contributed by atoms with van der Waals surface area (Å²) >= 11 is 0. The molecule has 1 aliphatic heterocycles. The number of ether oxygens (including phenoxy) is 1. The smallest absolute Gasteiger partial charge is 0.320 e. The van der Waals surface area contributed by atoms with E-state index in [0.717, 1.165) is 38.5 Å². The lowest BCUT2D eigenvalue weighted by molar-refractivity contribution is 0.0350. The Kier molecular flexibility index (Phi) is 4.97. The van der Waals surface area contributed by atoms with Gasteiger partial charge in [0.05, 0.1) is 18.9 Å². The third-order valence-corrected chi connectivity index (χ3v) is 3.26. The molecule has 7 nitrogen and oxygen atoms in total. The van der Waals surface area contributed by atoms with E-state index < -0.39 is 0 Å². The molecule has 1 saturated heterocycles. The summed E-state index contributed by atoms with van der Waals surface area (Å²) in [6, 6.07) is 1.72. The molecule has 1 aromatic heterocycles. The maximum atomic E-state index is 11.9. The summed E-state index contributed by atoms with van der Waals surface area (Å²) in [5.74, 6) is 0.693. The first-order chi connectivity index (χ1) is 9.54. The largest absolute Gasteiger partial charge is 0.379 e. The first-order valence-corrected chi connectivity index (χ1v) is 6.93. The maximum absolute atomic E-state index is 11.9. The van der Waals surface area contributed by atoms with Gasteiger partial charge in [-0.3, -0.25) is 14.9 Å². The fourth-order valence-electron chi connectivity index (χ4n) is 2.32. The molecular formula is C13H23N5O2. The van der Waals surface area contributed by atoms with Crippen LogP contribution in [0.15, 0.2) is 6.07 Å². The summed E-state index contributed by atoms with van der Waals surface area (Å²) in [4.78, 5) is 14.2. The topological polar surface area (TPSA) is 71.4 Å². The molecule has 0 spiro atoms. The van der Waals surface area contributed by atoms with E-state index in [9.17, 15) is 4.79 Å². The molecule has 112 valence electrons. The van der Waals surface area contributed by atoms with Crippen LogP contribution in [0, 0.1) is 6.92 Å². The number of nitrogens with one attached hydrogen (secondary N) is 2. The Balaban J connectivity index is 1.77. The van der Waals surface area contributed by atoms with Gasteiger partial charge in [0.2, 0.25) is 0 Å². The van der Waals surface area contributed by atoms with Gasteiger partial charge < -0.3 is 10.1 Å². The molecular weight excluding hydrogens is 258 g/mol. The average molecular weight is 281 g/mol. The van der Waals surface area contributed by atoms with Crippen molar-refractivity contribution >= 4 is 11.8 Å². The molecule has 0 aromatic carbocycles. The van der Waals surface area contributed by atoms with Gasteiger partial charge in [-0.1, -0.05) is 0 Å². The summed E-state index contributed by atoms with van der Waals surface area (Å²) in [6.45, 7) is 8.12. The minimum Gasteiger partial charge on any atom is -0.379 e. The van der Waals surface area contributed by atoms with Crippen LogP contribution in [0.4, 0.5) is 10.6 Å². The van der Waals surface area contributed by atoms with Gasteiger partial charge in [0.1, 0.15) is 5.82 Å². The molecule has 0 bridgehead atoms. The summed E-state index contributed by atoms with van der Waals surface area (Å²) in [6.07, 6.45) is 0. The second kappa shape index (κ2) is 6.71. The van der Waals surface area contributed by atoms with Crippen LogP contribution < -0.4 is 10.6 Å². The Bertz CT molecular complexity index is 454. The summed E-state index contributed by atoms with van der Waals surface area (Å²) in [7, 11) is 1.81. The number of anilines is 1. The van der Waals surface area contributed by atoms with Crippen LogP contribution in [0.5, 0.6) is 0 Å². The summed E-state index contributed by atoms with van der Waals surface area (Å²) in [5.41, 5.74) is 0.879. The van der Waals surface area contributed by atoms with Gasteiger partial charge in [-0.05, 0) is 13.8 Å². The second-order valence-corrected chi connectivity index (χ2v) is 5.21. The van der Waals surface area contributed by atoms with Crippen LogP contribution in [0.2, 0.25) is 0 Å². The molecule has 2 N–H and O–H groups in total. The number of rotatable bonds is 4. The van der Waals surface area contributed by atoms with Crippen molar-refractivity contribution in [2.24, 2.45) is 7.05 Å². The number of hydrogen-bond donors (Lipinski definition) is 2. The van der Waals surface area contributed by atoms with Gasteiger partial charge in [-0.25, -0.2) is 4.79 Å². The number of hydrogen-bond acceptors (Lipinski definition) is 4. The lowest BCUT2D eigenvalue weighted by atomic mass is 10.3. The van der Waals surface area contributed by atoms with E-state index in [-0.39, 0.29) is 12.1 Å². The van der Waals surface area contributed by atoms with Crippen LogP contribution >= 0.6 is 0 Å². The van der Waals surface area contributed by atoms with E-state index in [2.05, 4.69) is 20.6 Å². The van der Waals surface area contributed by atoms with E-state index in [4.69, 9.17) is 4.74 Å². The van der Waals surface area contributed by atoms with E-state index in [1.54, 1.807) is 11.7 Å². The predicted molar refractivity (Wildman–Crippen MR) is 76.8 cm³/mol. The lowest BCUT2D eigenvalue weighted by Crippen LogP contribution is -2.47. The number of aryl methyl sites for hydroxylation is 2. The summed E-state index contributed by atoms with van der Waals surface area (Å²) < 4.78 is 6.96. The highest BCUT2D eigenvalue weighted by atomic mass is 16.5. The average Bonchev–Trinajstić information content (AvgIpc) is 2.68. The number of carbonyl (C=O) groups is 1. The van der Waals surface area contributed by atoms with E-state index in [0.29, 0.717) is 5.82 Å². The van der Waals surface area contributed by atoms with Crippen molar-refractivity contribution in [2.45, 2.75) is 19.9 Å². The SMILES string of the molecule is Cc1cc(NC(=O)N[C@@H](C)CN2CCOCC2)n(C)n1. The van der Waals surface area contributed by atoms with Crippen LogP contribution in [0.1, 0.15) is 12.6 Å². The van der Waals surface area contributed by atoms with Crippen molar-refractivity contribution in [3.63, 3.8) is 0 Å². The molecule has 2 rings (SSSR count). The van der Waals surface area contributed by atoms with Crippen molar-refractivity contribution in [1.29, 1.82) is 0 Å². The summed E-state index contributed by atoms with van der Waals surface area (Å²) in [5, 5.41) is 9.93. The molecule has 0 radical (unpaired) electrons. The standard InChI is InChI=1S/C13H23N5O2/c1-10-8-12(17(3)16-10)15-13(19)14-11(2)9-18-4-6-20-7-5-18/h8,11H,4-7,9H2,1-3H3,(H2,14,15,19)/t11-/m0/s1. The Labute approximate surface area is 119 Å². The number of nitrogens with zero attached hydrogens (tertiary/aromatic N) is 3. The van der Waals surface area contributed by atoms with Crippen molar-refractivity contribution < 1.29 is 9.53 Å². The molecule has 7 heteroatoms. The number of carbonyl (C=O) groups excluding carboxylic acids is 1. The zero-order valence-corrected chi connectivity index (χ0v) is 12.3. The number of urea groups is 1. The van der Waals surface area contributed by atoms with Crippen LogP contribution in [0.25, 0.3) is 0 Å². The normalized spacial score (nSPS) is 17.8. The van der Waals surface area contributed by atoms with Gasteiger partial charge in [0, 0.05) is 38.8 Å². The van der Waals surface area contributed by atoms with Crippen molar-refractivity contribution in [3.05, 3.63) is 11.8 Å². The van der Waals surface area contributed by atoms with Gasteiger partial charge >= 0.3 is 6.03 Å². The number of aromatic nitrogens is 2. The van der Waals surface area contributed by atoms with Crippen LogP contribution in [0.3, 0.4) is 0 Å². The fourth-order valence-corrected chi connectivity index (χ4v) is 2.32. The highest BCUT2D eigenvalue weighted by Crippen LogP contribution is 2.07. The molecule has 1 fully saturated rings. The molecule has 2 amide bonds. The highest BCUT2D eigenvalue weighted by molar-refractivity contribution is 5.88. The molecule has 1 atom stereocenters. The molecule has 0 unspecified atom stereocenters. The van der Waals surface area contributed by atoms with E-state index >= 15 is 0 Å². The Morgan fingerprint density at radius 1 is 1.50 bits per heavy atom. The minimum atomic E-state index is -0.200. The van der Waals surface area contributed by atoms with E-state index in [1.807, 2.05) is 19.9 Å². The van der Waals surface area contributed by atoms with Gasteiger partial charge in [0.15, 0.2) is 0 Å². The first kappa shape index (κ1) is 14.8. The van der Waals surface area contributed by atoms with Crippen molar-refractivity contribution in [2.75, 3.05) is 38.2 Å². The molecule has 2 heterocycles. The quantitative estimate of drug-likeness (QED) is 0.846. The van der Waals surface area contributed by atoms with Crippen LogP contribution in [-0.4, -0.2) is 59.6 Å². The van der Waals surface area contributed by atoms with Crippen molar-refractivity contribution in [3.8, 4) is 0 Å². The minimum absolute atomic E-state index is 0.0856. The zero-order valence-electron chi connectivity index (χ0n) is 12.3. The fraction of sp³-hybridized carbons (Fsp3) is 0.692. The van der Waals surface area contributed by atoms with Crippen molar-refractivity contribution in [1.82, 2.24) is 20.0 Å². The number of amides is 2. The maximum Gasteiger partial charge on any atom is 0.320 e. The van der Waals surface area contributed by atoms with Gasteiger partial charge in [-0.15, -0.1) is 0 Å². The Morgan fingerprint density at radius 3 is 2.80 bits per heavy atom. The zero-order chi connectivity index (χ0) is 14.5. The molecule has 0 saturated carbocycles. The molecule has 1 aromatic rings. The van der Waals surface area contributed by atoms with E-state index in [1.165, 1.54) is 0 Å². The third kappa shape index (κ3) is 4.21. The molecule has 20 heavy (non-hydrogen) atoms. The molecule has 1 aliphatic rings. The highest BCUT2D eigenvalue weighted by Gasteiger charge is 2.15. The second-order valence-electron chi connectivity index (χ2n) is 5.21. The predicted octanol–water partition coefficient (Wildman–Crippen LogP) is 0.571. The number of morpholine rings is 1.